The molecule has 108 valence electrons. The van der Waals surface area contributed by atoms with Gasteiger partial charge >= 0.3 is 0 Å². The van der Waals surface area contributed by atoms with Crippen molar-refractivity contribution in [3.05, 3.63) is 29.8 Å². The number of methoxy groups -OCH3 is 1. The number of nitrogens with one attached hydrogen (secondary N) is 1. The van der Waals surface area contributed by atoms with E-state index in [0.717, 1.165) is 24.4 Å². The van der Waals surface area contributed by atoms with Gasteiger partial charge in [-0.15, -0.1) is 0 Å². The predicted octanol–water partition coefficient (Wildman–Crippen LogP) is 0.810. The van der Waals surface area contributed by atoms with E-state index >= 15 is 0 Å². The van der Waals surface area contributed by atoms with Crippen molar-refractivity contribution in [3.8, 4) is 5.75 Å². The quantitative estimate of drug-likeness (QED) is 0.582. The predicted molar refractivity (Wildman–Crippen MR) is 73.4 cm³/mol. The molecule has 1 aromatic carbocycles. The molecule has 0 aliphatic heterocycles. The molecule has 1 aromatic rings. The standard InChI is InChI=1S/C14H23NO4/c1-17-8-6-15-12-13-4-2-3-5-14(13)19-11-10-18-9-7-16/h2-5,15-16H,6-12H2,1H3. The lowest BCUT2D eigenvalue weighted by Crippen LogP contribution is -2.19. The Balaban J connectivity index is 2.31. The highest BCUT2D eigenvalue weighted by Crippen LogP contribution is 2.17. The van der Waals surface area contributed by atoms with Gasteiger partial charge in [-0.05, 0) is 6.07 Å². The molecule has 0 fully saturated rings. The molecule has 0 saturated heterocycles. The summed E-state index contributed by atoms with van der Waals surface area (Å²) in [4.78, 5) is 0. The highest BCUT2D eigenvalue weighted by Gasteiger charge is 2.02. The first-order valence-electron chi connectivity index (χ1n) is 6.47. The normalized spacial score (nSPS) is 10.6. The summed E-state index contributed by atoms with van der Waals surface area (Å²) in [6, 6.07) is 7.91. The Kier molecular flexibility index (Phi) is 9.01. The van der Waals surface area contributed by atoms with Crippen molar-refractivity contribution in [2.75, 3.05) is 46.7 Å². The molecule has 0 saturated carbocycles. The molecule has 0 unspecified atom stereocenters. The second kappa shape index (κ2) is 10.8. The van der Waals surface area contributed by atoms with Gasteiger partial charge < -0.3 is 24.6 Å². The Morgan fingerprint density at radius 3 is 2.74 bits per heavy atom. The number of aliphatic hydroxyl groups is 1. The van der Waals surface area contributed by atoms with Crippen molar-refractivity contribution >= 4 is 0 Å². The van der Waals surface area contributed by atoms with Gasteiger partial charge in [-0.1, -0.05) is 18.2 Å². The Morgan fingerprint density at radius 1 is 1.11 bits per heavy atom. The summed E-state index contributed by atoms with van der Waals surface area (Å²) in [6.45, 7) is 3.60. The fourth-order valence-corrected chi connectivity index (χ4v) is 1.57. The van der Waals surface area contributed by atoms with Crippen LogP contribution in [0.15, 0.2) is 24.3 Å². The van der Waals surface area contributed by atoms with Crippen molar-refractivity contribution in [3.63, 3.8) is 0 Å². The third kappa shape index (κ3) is 7.12. The topological polar surface area (TPSA) is 60.0 Å². The Morgan fingerprint density at radius 2 is 1.95 bits per heavy atom. The van der Waals surface area contributed by atoms with Gasteiger partial charge in [0.2, 0.25) is 0 Å². The minimum atomic E-state index is 0.0417. The average molecular weight is 269 g/mol. The minimum Gasteiger partial charge on any atom is -0.491 e. The zero-order valence-corrected chi connectivity index (χ0v) is 11.4. The highest BCUT2D eigenvalue weighted by atomic mass is 16.5. The zero-order chi connectivity index (χ0) is 13.8. The van der Waals surface area contributed by atoms with Crippen molar-refractivity contribution in [2.24, 2.45) is 0 Å². The van der Waals surface area contributed by atoms with E-state index in [1.807, 2.05) is 24.3 Å². The number of benzene rings is 1. The molecule has 0 bridgehead atoms. The number of aliphatic hydroxyl groups excluding tert-OH is 1. The molecule has 2 N–H and O–H groups in total. The molecule has 0 aliphatic carbocycles. The third-order valence-corrected chi connectivity index (χ3v) is 2.49. The maximum absolute atomic E-state index is 8.58. The summed E-state index contributed by atoms with van der Waals surface area (Å²) in [7, 11) is 1.69. The maximum atomic E-state index is 8.58. The second-order valence-corrected chi connectivity index (χ2v) is 3.96. The van der Waals surface area contributed by atoms with Crippen molar-refractivity contribution in [1.29, 1.82) is 0 Å². The Labute approximate surface area is 114 Å². The number of hydrogen-bond acceptors (Lipinski definition) is 5. The average Bonchev–Trinajstić information content (AvgIpc) is 2.45. The van der Waals surface area contributed by atoms with E-state index in [0.29, 0.717) is 26.4 Å². The molecule has 5 nitrogen and oxygen atoms in total. The Bertz CT molecular complexity index is 333. The first-order chi connectivity index (χ1) is 9.38. The maximum Gasteiger partial charge on any atom is 0.123 e. The molecule has 0 heterocycles. The van der Waals surface area contributed by atoms with E-state index in [9.17, 15) is 0 Å². The monoisotopic (exact) mass is 269 g/mol. The van der Waals surface area contributed by atoms with Crippen LogP contribution in [0, 0.1) is 0 Å². The third-order valence-electron chi connectivity index (χ3n) is 2.49. The molecule has 0 amide bonds. The van der Waals surface area contributed by atoms with Gasteiger partial charge in [0.25, 0.3) is 0 Å². The minimum absolute atomic E-state index is 0.0417. The molecule has 0 atom stereocenters. The van der Waals surface area contributed by atoms with Crippen LogP contribution in [-0.4, -0.2) is 51.8 Å². The first kappa shape index (κ1) is 15.9. The van der Waals surface area contributed by atoms with Crippen LogP contribution in [0.4, 0.5) is 0 Å². The van der Waals surface area contributed by atoms with Gasteiger partial charge in [0, 0.05) is 25.8 Å². The second-order valence-electron chi connectivity index (χ2n) is 3.96. The molecule has 1 rings (SSSR count). The fraction of sp³-hybridized carbons (Fsp3) is 0.571. The van der Waals surface area contributed by atoms with Crippen LogP contribution in [0.1, 0.15) is 5.56 Å². The van der Waals surface area contributed by atoms with E-state index in [1.54, 1.807) is 7.11 Å². The van der Waals surface area contributed by atoms with Crippen LogP contribution < -0.4 is 10.1 Å². The summed E-state index contributed by atoms with van der Waals surface area (Å²) < 4.78 is 15.8. The van der Waals surface area contributed by atoms with E-state index in [2.05, 4.69) is 5.32 Å². The molecular formula is C14H23NO4. The van der Waals surface area contributed by atoms with Crippen molar-refractivity contribution in [2.45, 2.75) is 6.54 Å². The summed E-state index contributed by atoms with van der Waals surface area (Å²) >= 11 is 0. The van der Waals surface area contributed by atoms with Gasteiger partial charge in [-0.3, -0.25) is 0 Å². The summed E-state index contributed by atoms with van der Waals surface area (Å²) in [6.07, 6.45) is 0. The van der Waals surface area contributed by atoms with E-state index in [4.69, 9.17) is 19.3 Å². The lowest BCUT2D eigenvalue weighted by Gasteiger charge is -2.12. The number of hydrogen-bond donors (Lipinski definition) is 2. The Hall–Kier alpha value is -1.14. The largest absolute Gasteiger partial charge is 0.491 e. The zero-order valence-electron chi connectivity index (χ0n) is 11.4. The number of rotatable bonds is 11. The fourth-order valence-electron chi connectivity index (χ4n) is 1.57. The molecule has 0 aliphatic rings. The van der Waals surface area contributed by atoms with Crippen LogP contribution in [0.5, 0.6) is 5.75 Å². The number of ether oxygens (including phenoxy) is 3. The molecular weight excluding hydrogens is 246 g/mol. The SMILES string of the molecule is COCCNCc1ccccc1OCCOCCO. The van der Waals surface area contributed by atoms with E-state index in [1.165, 1.54) is 0 Å². The van der Waals surface area contributed by atoms with Gasteiger partial charge in [-0.2, -0.15) is 0 Å². The molecule has 5 heteroatoms. The molecule has 19 heavy (non-hydrogen) atoms. The molecule has 0 radical (unpaired) electrons. The smallest absolute Gasteiger partial charge is 0.123 e. The van der Waals surface area contributed by atoms with Gasteiger partial charge in [0.1, 0.15) is 12.4 Å². The van der Waals surface area contributed by atoms with Crippen LogP contribution in [-0.2, 0) is 16.0 Å². The number of para-hydroxylation sites is 1. The first-order valence-corrected chi connectivity index (χ1v) is 6.47. The molecule has 0 spiro atoms. The van der Waals surface area contributed by atoms with Crippen molar-refractivity contribution < 1.29 is 19.3 Å². The summed E-state index contributed by atoms with van der Waals surface area (Å²) in [5, 5.41) is 11.9. The lowest BCUT2D eigenvalue weighted by atomic mass is 10.2. The lowest BCUT2D eigenvalue weighted by molar-refractivity contribution is 0.0703. The van der Waals surface area contributed by atoms with Gasteiger partial charge in [0.05, 0.1) is 26.4 Å². The van der Waals surface area contributed by atoms with E-state index < -0.39 is 0 Å². The van der Waals surface area contributed by atoms with Gasteiger partial charge in [-0.25, -0.2) is 0 Å². The van der Waals surface area contributed by atoms with Crippen LogP contribution in [0.3, 0.4) is 0 Å². The van der Waals surface area contributed by atoms with E-state index in [-0.39, 0.29) is 6.61 Å². The van der Waals surface area contributed by atoms with Crippen LogP contribution in [0.2, 0.25) is 0 Å². The van der Waals surface area contributed by atoms with Crippen LogP contribution in [0.25, 0.3) is 0 Å². The summed E-state index contributed by atoms with van der Waals surface area (Å²) in [5.41, 5.74) is 1.11. The van der Waals surface area contributed by atoms with Crippen molar-refractivity contribution in [1.82, 2.24) is 5.32 Å². The van der Waals surface area contributed by atoms with Gasteiger partial charge in [0.15, 0.2) is 0 Å². The highest BCUT2D eigenvalue weighted by molar-refractivity contribution is 5.33. The molecule has 0 aromatic heterocycles. The van der Waals surface area contributed by atoms with Crippen LogP contribution >= 0.6 is 0 Å². The summed E-state index contributed by atoms with van der Waals surface area (Å²) in [5.74, 6) is 0.861.